The molecular formula is C19H15N3O3S. The standard InChI is InChI=1S/C19H15N3O3S/c1-10-4-6-11(7-5-10)22-18(23)15-14(13-3-2-8-25-13)12(9-20)17(21)26-16(15)19(22)24/h2-8,14-16H,21H2,1H3/t14-,15+,16+/m0/s1. The highest BCUT2D eigenvalue weighted by molar-refractivity contribution is 8.04. The number of anilines is 1. The molecule has 2 amide bonds. The minimum absolute atomic E-state index is 0.266. The lowest BCUT2D eigenvalue weighted by molar-refractivity contribution is -0.122. The molecule has 0 aliphatic carbocycles. The average Bonchev–Trinajstić information content (AvgIpc) is 3.23. The molecule has 2 N–H and O–H groups in total. The van der Waals surface area contributed by atoms with E-state index < -0.39 is 17.1 Å². The summed E-state index contributed by atoms with van der Waals surface area (Å²) in [5, 5.41) is 9.16. The van der Waals surface area contributed by atoms with Crippen LogP contribution >= 0.6 is 11.8 Å². The molecule has 130 valence electrons. The molecule has 0 radical (unpaired) electrons. The molecular weight excluding hydrogens is 350 g/mol. The van der Waals surface area contributed by atoms with Crippen LogP contribution < -0.4 is 10.6 Å². The summed E-state index contributed by atoms with van der Waals surface area (Å²) in [7, 11) is 0. The predicted octanol–water partition coefficient (Wildman–Crippen LogP) is 2.67. The van der Waals surface area contributed by atoms with Gasteiger partial charge in [0.25, 0.3) is 0 Å². The zero-order valence-electron chi connectivity index (χ0n) is 13.9. The van der Waals surface area contributed by atoms with E-state index in [0.717, 1.165) is 17.3 Å². The summed E-state index contributed by atoms with van der Waals surface area (Å²) >= 11 is 1.09. The maximum atomic E-state index is 13.2. The monoisotopic (exact) mass is 365 g/mol. The van der Waals surface area contributed by atoms with Crippen molar-refractivity contribution in [2.75, 3.05) is 4.90 Å². The van der Waals surface area contributed by atoms with Gasteiger partial charge in [-0.3, -0.25) is 9.59 Å². The quantitative estimate of drug-likeness (QED) is 0.821. The molecule has 2 aliphatic rings. The van der Waals surface area contributed by atoms with Crippen LogP contribution in [0.5, 0.6) is 0 Å². The highest BCUT2D eigenvalue weighted by atomic mass is 32.2. The highest BCUT2D eigenvalue weighted by Crippen LogP contribution is 2.50. The van der Waals surface area contributed by atoms with Gasteiger partial charge < -0.3 is 10.2 Å². The number of benzene rings is 1. The summed E-state index contributed by atoms with van der Waals surface area (Å²) < 4.78 is 5.47. The van der Waals surface area contributed by atoms with Gasteiger partial charge in [-0.1, -0.05) is 29.5 Å². The number of hydrogen-bond donors (Lipinski definition) is 1. The van der Waals surface area contributed by atoms with Crippen LogP contribution in [-0.2, 0) is 9.59 Å². The van der Waals surface area contributed by atoms with Crippen molar-refractivity contribution < 1.29 is 14.0 Å². The van der Waals surface area contributed by atoms with Crippen molar-refractivity contribution in [3.8, 4) is 6.07 Å². The number of carbonyl (C=O) groups is 2. The van der Waals surface area contributed by atoms with Crippen LogP contribution in [-0.4, -0.2) is 17.1 Å². The van der Waals surface area contributed by atoms with Crippen LogP contribution in [0.15, 0.2) is 57.7 Å². The van der Waals surface area contributed by atoms with Crippen molar-refractivity contribution in [3.63, 3.8) is 0 Å². The molecule has 0 unspecified atom stereocenters. The fraction of sp³-hybridized carbons (Fsp3) is 0.211. The second-order valence-electron chi connectivity index (χ2n) is 6.29. The Morgan fingerprint density at radius 3 is 2.54 bits per heavy atom. The Hall–Kier alpha value is -2.98. The molecule has 1 aromatic carbocycles. The van der Waals surface area contributed by atoms with Crippen LogP contribution in [0.2, 0.25) is 0 Å². The number of nitrogens with two attached hydrogens (primary N) is 1. The Morgan fingerprint density at radius 2 is 1.92 bits per heavy atom. The van der Waals surface area contributed by atoms with Crippen molar-refractivity contribution in [3.05, 3.63) is 64.6 Å². The lowest BCUT2D eigenvalue weighted by Gasteiger charge is -2.28. The van der Waals surface area contributed by atoms with Crippen molar-refractivity contribution in [1.82, 2.24) is 0 Å². The molecule has 3 heterocycles. The maximum absolute atomic E-state index is 13.2. The van der Waals surface area contributed by atoms with Gasteiger partial charge in [-0.15, -0.1) is 0 Å². The molecule has 4 rings (SSSR count). The maximum Gasteiger partial charge on any atom is 0.248 e. The van der Waals surface area contributed by atoms with E-state index in [1.54, 1.807) is 24.3 Å². The summed E-state index contributed by atoms with van der Waals surface area (Å²) in [5.74, 6) is -1.56. The molecule has 1 fully saturated rings. The Morgan fingerprint density at radius 1 is 1.19 bits per heavy atom. The highest BCUT2D eigenvalue weighted by Gasteiger charge is 2.56. The molecule has 3 atom stereocenters. The molecule has 6 nitrogen and oxygen atoms in total. The van der Waals surface area contributed by atoms with Gasteiger partial charge in [-0.2, -0.15) is 5.26 Å². The smallest absolute Gasteiger partial charge is 0.248 e. The van der Waals surface area contributed by atoms with E-state index in [9.17, 15) is 14.9 Å². The number of fused-ring (bicyclic) bond motifs is 1. The Bertz CT molecular complexity index is 957. The molecule has 7 heteroatoms. The largest absolute Gasteiger partial charge is 0.469 e. The first-order valence-corrected chi connectivity index (χ1v) is 8.95. The van der Waals surface area contributed by atoms with E-state index in [1.807, 2.05) is 19.1 Å². The van der Waals surface area contributed by atoms with Crippen LogP contribution in [0.25, 0.3) is 0 Å². The lowest BCUT2D eigenvalue weighted by atomic mass is 9.82. The van der Waals surface area contributed by atoms with E-state index in [1.165, 1.54) is 11.2 Å². The predicted molar refractivity (Wildman–Crippen MR) is 96.8 cm³/mol. The molecule has 2 aliphatic heterocycles. The van der Waals surface area contributed by atoms with Gasteiger partial charge in [0, 0.05) is 0 Å². The number of amides is 2. The first-order valence-electron chi connectivity index (χ1n) is 8.07. The number of allylic oxidation sites excluding steroid dienone is 1. The normalized spacial score (nSPS) is 25.4. The van der Waals surface area contributed by atoms with Gasteiger partial charge in [0.05, 0.1) is 40.5 Å². The van der Waals surface area contributed by atoms with Crippen molar-refractivity contribution in [2.45, 2.75) is 18.1 Å². The summed E-state index contributed by atoms with van der Waals surface area (Å²) in [6.45, 7) is 1.93. The number of furan rings is 1. The van der Waals surface area contributed by atoms with Gasteiger partial charge in [0.15, 0.2) is 0 Å². The number of carbonyl (C=O) groups excluding carboxylic acids is 2. The SMILES string of the molecule is Cc1ccc(N2C(=O)[C@H]3[C@@H](SC(N)=C(C#N)[C@H]3c3ccco3)C2=O)cc1. The Kier molecular flexibility index (Phi) is 3.85. The number of aryl methyl sites for hydroxylation is 1. The van der Waals surface area contributed by atoms with Crippen LogP contribution in [0.4, 0.5) is 5.69 Å². The van der Waals surface area contributed by atoms with Gasteiger partial charge >= 0.3 is 0 Å². The number of hydrogen-bond acceptors (Lipinski definition) is 6. The second-order valence-corrected chi connectivity index (χ2v) is 7.48. The Labute approximate surface area is 154 Å². The van der Waals surface area contributed by atoms with Crippen LogP contribution in [0.1, 0.15) is 17.2 Å². The van der Waals surface area contributed by atoms with E-state index in [2.05, 4.69) is 6.07 Å². The molecule has 0 saturated carbocycles. The van der Waals surface area contributed by atoms with Gasteiger partial charge in [0.2, 0.25) is 11.8 Å². The van der Waals surface area contributed by atoms with E-state index in [0.29, 0.717) is 11.4 Å². The molecule has 0 bridgehead atoms. The minimum atomic E-state index is -0.720. The summed E-state index contributed by atoms with van der Waals surface area (Å²) in [6.07, 6.45) is 1.48. The fourth-order valence-corrected chi connectivity index (χ4v) is 4.70. The number of rotatable bonds is 2. The molecule has 0 spiro atoms. The van der Waals surface area contributed by atoms with Crippen LogP contribution in [0, 0.1) is 24.2 Å². The summed E-state index contributed by atoms with van der Waals surface area (Å²) in [5.41, 5.74) is 7.88. The van der Waals surface area contributed by atoms with Crippen molar-refractivity contribution in [2.24, 2.45) is 11.7 Å². The minimum Gasteiger partial charge on any atom is -0.469 e. The zero-order chi connectivity index (χ0) is 18.4. The lowest BCUT2D eigenvalue weighted by Crippen LogP contribution is -2.33. The first-order chi connectivity index (χ1) is 12.5. The zero-order valence-corrected chi connectivity index (χ0v) is 14.7. The molecule has 26 heavy (non-hydrogen) atoms. The number of nitriles is 1. The molecule has 2 aromatic rings. The van der Waals surface area contributed by atoms with Gasteiger partial charge in [-0.25, -0.2) is 4.90 Å². The van der Waals surface area contributed by atoms with Crippen molar-refractivity contribution in [1.29, 1.82) is 5.26 Å². The number of nitrogens with zero attached hydrogens (tertiary/aromatic N) is 2. The summed E-state index contributed by atoms with van der Waals surface area (Å²) in [6, 6.07) is 12.7. The third-order valence-corrected chi connectivity index (χ3v) is 5.97. The molecule has 1 aromatic heterocycles. The van der Waals surface area contributed by atoms with Gasteiger partial charge in [0.1, 0.15) is 11.0 Å². The first kappa shape index (κ1) is 16.5. The average molecular weight is 365 g/mol. The number of thioether (sulfide) groups is 1. The van der Waals surface area contributed by atoms with E-state index in [4.69, 9.17) is 10.2 Å². The summed E-state index contributed by atoms with van der Waals surface area (Å²) in [4.78, 5) is 27.4. The second kappa shape index (κ2) is 6.07. The fourth-order valence-electron chi connectivity index (χ4n) is 3.50. The third kappa shape index (κ3) is 2.34. The Balaban J connectivity index is 1.82. The van der Waals surface area contributed by atoms with Crippen LogP contribution in [0.3, 0.4) is 0 Å². The molecule has 1 saturated heterocycles. The van der Waals surface area contributed by atoms with E-state index in [-0.39, 0.29) is 22.4 Å². The third-order valence-electron chi connectivity index (χ3n) is 4.75. The number of imide groups is 1. The van der Waals surface area contributed by atoms with E-state index >= 15 is 0 Å². The topological polar surface area (TPSA) is 100 Å². The van der Waals surface area contributed by atoms with Gasteiger partial charge in [-0.05, 0) is 31.2 Å². The van der Waals surface area contributed by atoms with Crippen molar-refractivity contribution >= 4 is 29.3 Å².